The summed E-state index contributed by atoms with van der Waals surface area (Å²) < 4.78 is 8.33. The minimum absolute atomic E-state index is 0.0973. The summed E-state index contributed by atoms with van der Waals surface area (Å²) in [7, 11) is 1.34. The number of thiophene rings is 1. The Hall–Kier alpha value is -5.28. The van der Waals surface area contributed by atoms with Gasteiger partial charge in [-0.3, -0.25) is 28.8 Å². The van der Waals surface area contributed by atoms with Crippen LogP contribution in [0.5, 0.6) is 11.5 Å². The molecule has 2 aliphatic carbocycles. The Kier molecular flexibility index (Phi) is 8.37. The third-order valence-electron chi connectivity index (χ3n) is 12.5. The van der Waals surface area contributed by atoms with Crippen LogP contribution in [0.2, 0.25) is 5.02 Å². The lowest BCUT2D eigenvalue weighted by Crippen LogP contribution is -2.49. The van der Waals surface area contributed by atoms with Gasteiger partial charge < -0.3 is 19.9 Å². The smallest absolute Gasteiger partial charge is 0.488 e. The second-order valence-corrected chi connectivity index (χ2v) is 16.7. The summed E-state index contributed by atoms with van der Waals surface area (Å²) in [6.45, 7) is 3.73. The number of phenolic OH excluding ortho intramolecular Hbond substituents is 1. The molecule has 56 heavy (non-hydrogen) atoms. The summed E-state index contributed by atoms with van der Waals surface area (Å²) in [5.41, 5.74) is 1.45. The zero-order valence-electron chi connectivity index (χ0n) is 30.8. The number of imide groups is 2. The number of fused-ring (bicyclic) bond motifs is 5. The Morgan fingerprint density at radius 1 is 0.964 bits per heavy atom. The third-order valence-corrected chi connectivity index (χ3v) is 14.0. The normalized spacial score (nSPS) is 25.8. The number of hydrogen-bond donors (Lipinski definition) is 3. The van der Waals surface area contributed by atoms with Crippen molar-refractivity contribution in [1.82, 2.24) is 9.78 Å². The SMILES string of the molecule is COc1cccc(O)c1C1C2=CCC3C(=O)N(c4cccc(B(O)O)c4)C(=O)C3C2CC2C(=O)N(c3cc(-c4sc5ccc(Cl)cc5c4C)nn3C)C(=O)C21C. The van der Waals surface area contributed by atoms with E-state index in [1.807, 2.05) is 31.2 Å². The van der Waals surface area contributed by atoms with Crippen LogP contribution in [0.15, 0.2) is 78.4 Å². The van der Waals surface area contributed by atoms with Crippen molar-refractivity contribution in [3.8, 4) is 22.1 Å². The van der Waals surface area contributed by atoms with Gasteiger partial charge in [-0.15, -0.1) is 11.3 Å². The number of rotatable bonds is 6. The molecule has 12 nitrogen and oxygen atoms in total. The van der Waals surface area contributed by atoms with Crippen molar-refractivity contribution in [2.45, 2.75) is 32.6 Å². The fourth-order valence-electron chi connectivity index (χ4n) is 9.84. The summed E-state index contributed by atoms with van der Waals surface area (Å²) in [6.07, 6.45) is 2.18. The highest BCUT2D eigenvalue weighted by molar-refractivity contribution is 7.22. The molecule has 2 aromatic heterocycles. The van der Waals surface area contributed by atoms with E-state index >= 15 is 4.79 Å². The molecule has 3 fully saturated rings. The number of aromatic hydroxyl groups is 1. The molecule has 9 rings (SSSR count). The van der Waals surface area contributed by atoms with E-state index in [4.69, 9.17) is 21.4 Å². The van der Waals surface area contributed by atoms with E-state index in [-0.39, 0.29) is 35.6 Å². The Balaban J connectivity index is 1.16. The lowest BCUT2D eigenvalue weighted by molar-refractivity contribution is -0.131. The first-order valence-electron chi connectivity index (χ1n) is 18.3. The third kappa shape index (κ3) is 5.02. The second-order valence-electron chi connectivity index (χ2n) is 15.2. The molecule has 6 unspecified atom stereocenters. The Bertz CT molecular complexity index is 2580. The van der Waals surface area contributed by atoms with E-state index in [9.17, 15) is 29.5 Å². The summed E-state index contributed by atoms with van der Waals surface area (Å²) >= 11 is 7.85. The fraction of sp³-hybridized carbons (Fsp3) is 0.293. The molecule has 0 spiro atoms. The second kappa shape index (κ2) is 12.9. The molecule has 0 radical (unpaired) electrons. The van der Waals surface area contributed by atoms with Crippen molar-refractivity contribution in [1.29, 1.82) is 0 Å². The minimum atomic E-state index is -1.80. The fourth-order valence-corrected chi connectivity index (χ4v) is 11.2. The van der Waals surface area contributed by atoms with Gasteiger partial charge in [0, 0.05) is 34.3 Å². The van der Waals surface area contributed by atoms with Crippen LogP contribution in [-0.4, -0.2) is 62.8 Å². The maximum atomic E-state index is 15.2. The van der Waals surface area contributed by atoms with Crippen molar-refractivity contribution in [3.63, 3.8) is 0 Å². The van der Waals surface area contributed by atoms with Crippen LogP contribution < -0.4 is 20.0 Å². The standard InChI is InChI=1S/C41H36BClN4O8S/c1-19-25-16-21(43)11-14-31(25)56-36(19)28-18-32(45(3)44-28)47-38(50)27-17-26-23(35(41(27,2)40(47)52)34-29(48)9-6-10-30(34)55-4)12-13-24-33(26)39(51)46(37(24)49)22-8-5-7-20(15-22)42(53)54/h5-12,14-16,18,24,26-27,33,35,48,53-54H,13,17H2,1-4H3. The van der Waals surface area contributed by atoms with E-state index in [1.54, 1.807) is 44.3 Å². The molecule has 5 aromatic rings. The number of aromatic nitrogens is 2. The highest BCUT2D eigenvalue weighted by Crippen LogP contribution is 2.65. The van der Waals surface area contributed by atoms with Gasteiger partial charge in [0.2, 0.25) is 23.6 Å². The number of benzene rings is 3. The quantitative estimate of drug-likeness (QED) is 0.121. The first kappa shape index (κ1) is 36.4. The van der Waals surface area contributed by atoms with Crippen LogP contribution in [-0.2, 0) is 26.2 Å². The lowest BCUT2D eigenvalue weighted by Gasteiger charge is -2.49. The van der Waals surface area contributed by atoms with E-state index in [0.717, 1.165) is 25.4 Å². The first-order chi connectivity index (χ1) is 26.8. The number of anilines is 2. The molecule has 1 saturated carbocycles. The zero-order valence-corrected chi connectivity index (χ0v) is 32.3. The van der Waals surface area contributed by atoms with Gasteiger partial charge in [0.1, 0.15) is 23.0 Å². The predicted molar refractivity (Wildman–Crippen MR) is 212 cm³/mol. The summed E-state index contributed by atoms with van der Waals surface area (Å²) in [5, 5.41) is 37.6. The Labute approximate surface area is 330 Å². The first-order valence-corrected chi connectivity index (χ1v) is 19.5. The number of hydrogen-bond acceptors (Lipinski definition) is 10. The average Bonchev–Trinajstić information content (AvgIpc) is 3.85. The molecule has 2 saturated heterocycles. The number of phenols is 1. The van der Waals surface area contributed by atoms with Crippen molar-refractivity contribution in [3.05, 3.63) is 94.5 Å². The summed E-state index contributed by atoms with van der Waals surface area (Å²) in [6, 6.07) is 18.2. The lowest BCUT2D eigenvalue weighted by atomic mass is 9.51. The summed E-state index contributed by atoms with van der Waals surface area (Å²) in [5.74, 6) is -5.53. The van der Waals surface area contributed by atoms with Crippen molar-refractivity contribution >= 4 is 80.7 Å². The molecule has 4 aliphatic rings. The maximum absolute atomic E-state index is 15.2. The molecule has 4 heterocycles. The highest BCUT2D eigenvalue weighted by Gasteiger charge is 2.68. The van der Waals surface area contributed by atoms with Crippen LogP contribution in [0.4, 0.5) is 11.5 Å². The van der Waals surface area contributed by atoms with E-state index < -0.39 is 65.8 Å². The van der Waals surface area contributed by atoms with Gasteiger partial charge in [-0.05, 0) is 91.5 Å². The van der Waals surface area contributed by atoms with Crippen LogP contribution >= 0.6 is 22.9 Å². The molecular weight excluding hydrogens is 755 g/mol. The van der Waals surface area contributed by atoms with E-state index in [2.05, 4.69) is 0 Å². The number of allylic oxidation sites excluding steroid dienone is 2. The molecule has 15 heteroatoms. The van der Waals surface area contributed by atoms with Crippen molar-refractivity contribution in [2.24, 2.45) is 36.1 Å². The Morgan fingerprint density at radius 2 is 1.73 bits per heavy atom. The van der Waals surface area contributed by atoms with E-state index in [1.165, 1.54) is 46.2 Å². The minimum Gasteiger partial charge on any atom is -0.508 e. The van der Waals surface area contributed by atoms with Gasteiger partial charge >= 0.3 is 7.12 Å². The molecule has 3 N–H and O–H groups in total. The molecule has 6 atom stereocenters. The molecule has 0 bridgehead atoms. The monoisotopic (exact) mass is 790 g/mol. The molecular formula is C41H36BClN4O8S. The molecule has 2 aliphatic heterocycles. The van der Waals surface area contributed by atoms with Crippen LogP contribution in [0.3, 0.4) is 0 Å². The van der Waals surface area contributed by atoms with Gasteiger partial charge in [-0.1, -0.05) is 41.4 Å². The molecule has 284 valence electrons. The largest absolute Gasteiger partial charge is 0.508 e. The molecule has 4 amide bonds. The Morgan fingerprint density at radius 3 is 2.48 bits per heavy atom. The van der Waals surface area contributed by atoms with Gasteiger partial charge in [0.15, 0.2) is 0 Å². The number of ether oxygens (including phenoxy) is 1. The van der Waals surface area contributed by atoms with Gasteiger partial charge in [0.05, 0.1) is 40.8 Å². The van der Waals surface area contributed by atoms with Gasteiger partial charge in [-0.25, -0.2) is 4.90 Å². The maximum Gasteiger partial charge on any atom is 0.488 e. The number of carbonyl (C=O) groups excluding carboxylic acids is 4. The van der Waals surface area contributed by atoms with E-state index in [0.29, 0.717) is 27.6 Å². The number of carbonyl (C=O) groups is 4. The zero-order chi connectivity index (χ0) is 39.5. The topological polar surface area (TPSA) is 162 Å². The number of methoxy groups -OCH3 is 1. The van der Waals surface area contributed by atoms with Gasteiger partial charge in [-0.2, -0.15) is 5.10 Å². The number of nitrogens with zero attached hydrogens (tertiary/aromatic N) is 4. The molecule has 3 aromatic carbocycles. The van der Waals surface area contributed by atoms with Crippen LogP contribution in [0, 0.1) is 36.0 Å². The number of aryl methyl sites for hydroxylation is 2. The summed E-state index contributed by atoms with van der Waals surface area (Å²) in [4.78, 5) is 61.9. The van der Waals surface area contributed by atoms with Crippen molar-refractivity contribution < 1.29 is 39.1 Å². The highest BCUT2D eigenvalue weighted by atomic mass is 35.5. The van der Waals surface area contributed by atoms with Crippen LogP contribution in [0.25, 0.3) is 20.7 Å². The predicted octanol–water partition coefficient (Wildman–Crippen LogP) is 5.09. The van der Waals surface area contributed by atoms with Gasteiger partial charge in [0.25, 0.3) is 0 Å². The van der Waals surface area contributed by atoms with Crippen molar-refractivity contribution in [2.75, 3.05) is 16.9 Å². The van der Waals surface area contributed by atoms with Crippen LogP contribution in [0.1, 0.15) is 36.8 Å². The number of amides is 4. The number of halogens is 1. The average molecular weight is 791 g/mol.